The number of carbonyl (C=O) groups is 2. The summed E-state index contributed by atoms with van der Waals surface area (Å²) in [5, 5.41) is 7.07. The van der Waals surface area contributed by atoms with Crippen LogP contribution in [-0.2, 0) is 15.7 Å². The Morgan fingerprint density at radius 1 is 1.28 bits per heavy atom. The summed E-state index contributed by atoms with van der Waals surface area (Å²) in [7, 11) is 0. The van der Waals surface area contributed by atoms with E-state index < -0.39 is 17.7 Å². The number of carbonyl (C=O) groups excluding carboxylic acids is 2. The summed E-state index contributed by atoms with van der Waals surface area (Å²) >= 11 is 1.14. The van der Waals surface area contributed by atoms with E-state index >= 15 is 0 Å². The van der Waals surface area contributed by atoms with E-state index in [9.17, 15) is 22.8 Å². The van der Waals surface area contributed by atoms with Crippen molar-refractivity contribution in [3.05, 3.63) is 39.9 Å². The minimum Gasteiger partial charge on any atom is -0.462 e. The van der Waals surface area contributed by atoms with Crippen LogP contribution in [0.1, 0.15) is 47.1 Å². The lowest BCUT2D eigenvalue weighted by Crippen LogP contribution is -2.12. The summed E-state index contributed by atoms with van der Waals surface area (Å²) < 4.78 is 42.8. The molecule has 0 fully saturated rings. The first kappa shape index (κ1) is 22.3. The third kappa shape index (κ3) is 5.53. The van der Waals surface area contributed by atoms with Gasteiger partial charge in [-0.2, -0.15) is 18.3 Å². The van der Waals surface area contributed by atoms with Crippen LogP contribution in [0, 0.1) is 6.92 Å². The van der Waals surface area contributed by atoms with Crippen molar-refractivity contribution in [1.29, 1.82) is 0 Å². The van der Waals surface area contributed by atoms with Crippen LogP contribution in [0.2, 0.25) is 0 Å². The molecule has 1 amide bonds. The van der Waals surface area contributed by atoms with Crippen LogP contribution < -0.4 is 10.7 Å². The molecule has 0 saturated heterocycles. The zero-order valence-corrected chi connectivity index (χ0v) is 16.9. The van der Waals surface area contributed by atoms with E-state index in [1.165, 1.54) is 6.92 Å². The lowest BCUT2D eigenvalue weighted by Gasteiger charge is -2.07. The summed E-state index contributed by atoms with van der Waals surface area (Å²) in [6.07, 6.45) is -3.76. The first-order valence-corrected chi connectivity index (χ1v) is 9.28. The second-order valence-corrected chi connectivity index (χ2v) is 6.92. The Labute approximate surface area is 169 Å². The average Bonchev–Trinajstić information content (AvgIpc) is 2.95. The molecule has 0 aliphatic heterocycles. The van der Waals surface area contributed by atoms with Gasteiger partial charge >= 0.3 is 12.1 Å². The Morgan fingerprint density at radius 3 is 2.48 bits per heavy atom. The van der Waals surface area contributed by atoms with Crippen molar-refractivity contribution in [2.75, 3.05) is 17.3 Å². The van der Waals surface area contributed by atoms with Crippen LogP contribution in [0.25, 0.3) is 0 Å². The Kier molecular flexibility index (Phi) is 6.96. The molecule has 2 aromatic heterocycles. The van der Waals surface area contributed by atoms with Crippen LogP contribution in [-0.4, -0.2) is 29.2 Å². The predicted octanol–water partition coefficient (Wildman–Crippen LogP) is 4.44. The van der Waals surface area contributed by atoms with Crippen LogP contribution in [0.3, 0.4) is 0 Å². The molecule has 2 N–H and O–H groups in total. The third-order valence-corrected chi connectivity index (χ3v) is 4.99. The number of amides is 1. The molecular weight excluding hydrogens is 409 g/mol. The fraction of sp³-hybridized carbons (Fsp3) is 0.333. The first-order valence-electron chi connectivity index (χ1n) is 8.46. The van der Waals surface area contributed by atoms with Crippen molar-refractivity contribution in [3.8, 4) is 0 Å². The number of anilines is 2. The number of nitrogens with one attached hydrogen (secondary N) is 2. The molecule has 0 unspecified atom stereocenters. The summed E-state index contributed by atoms with van der Waals surface area (Å²) in [4.78, 5) is 28.0. The molecule has 0 aliphatic carbocycles. The normalized spacial score (nSPS) is 11.9. The van der Waals surface area contributed by atoms with Gasteiger partial charge in [0.25, 0.3) is 0 Å². The van der Waals surface area contributed by atoms with Crippen molar-refractivity contribution < 1.29 is 27.5 Å². The van der Waals surface area contributed by atoms with Crippen LogP contribution >= 0.6 is 11.3 Å². The number of hydrogen-bond acceptors (Lipinski definition) is 7. The molecule has 29 heavy (non-hydrogen) atoms. The lowest BCUT2D eigenvalue weighted by atomic mass is 10.1. The highest BCUT2D eigenvalue weighted by atomic mass is 32.1. The van der Waals surface area contributed by atoms with Gasteiger partial charge < -0.3 is 10.1 Å². The van der Waals surface area contributed by atoms with Crippen molar-refractivity contribution in [1.82, 2.24) is 4.98 Å². The molecule has 2 rings (SSSR count). The Morgan fingerprint density at radius 2 is 1.97 bits per heavy atom. The van der Waals surface area contributed by atoms with E-state index in [0.717, 1.165) is 23.5 Å². The standard InChI is InChI=1S/C18H19F3N4O3S/c1-5-28-17(27)14-9(2)15(29-16(14)23-11(4)26)10(3)24-25-13-7-6-12(8-22-13)18(19,20)21/h6-8H,5H2,1-4H3,(H,22,25)(H,23,26). The van der Waals surface area contributed by atoms with E-state index in [4.69, 9.17) is 4.74 Å². The number of rotatable bonds is 6. The predicted molar refractivity (Wildman–Crippen MR) is 104 cm³/mol. The van der Waals surface area contributed by atoms with Crippen LogP contribution in [0.4, 0.5) is 24.0 Å². The summed E-state index contributed by atoms with van der Waals surface area (Å²) in [5.41, 5.74) is 2.99. The maximum Gasteiger partial charge on any atom is 0.417 e. The summed E-state index contributed by atoms with van der Waals surface area (Å²) in [5.74, 6) is -0.786. The Hall–Kier alpha value is -2.95. The summed E-state index contributed by atoms with van der Waals surface area (Å²) in [6, 6.07) is 2.05. The number of alkyl halides is 3. The van der Waals surface area contributed by atoms with Gasteiger partial charge in [0.1, 0.15) is 10.8 Å². The monoisotopic (exact) mass is 428 g/mol. The highest BCUT2D eigenvalue weighted by Gasteiger charge is 2.30. The van der Waals surface area contributed by atoms with Gasteiger partial charge in [-0.1, -0.05) is 0 Å². The Balaban J connectivity index is 2.30. The quantitative estimate of drug-likeness (QED) is 0.403. The van der Waals surface area contributed by atoms with E-state index in [1.807, 2.05) is 0 Å². The van der Waals surface area contributed by atoms with E-state index in [2.05, 4.69) is 20.8 Å². The van der Waals surface area contributed by atoms with Gasteiger partial charge in [-0.05, 0) is 38.5 Å². The number of aromatic nitrogens is 1. The molecule has 0 saturated carbocycles. The number of ether oxygens (including phenoxy) is 1. The largest absolute Gasteiger partial charge is 0.462 e. The van der Waals surface area contributed by atoms with Gasteiger partial charge in [0.05, 0.1) is 28.3 Å². The Bertz CT molecular complexity index is 937. The van der Waals surface area contributed by atoms with Crippen molar-refractivity contribution in [2.45, 2.75) is 33.9 Å². The molecule has 0 atom stereocenters. The van der Waals surface area contributed by atoms with Crippen LogP contribution in [0.15, 0.2) is 23.4 Å². The number of thiophene rings is 1. The number of hydrazone groups is 1. The van der Waals surface area contributed by atoms with E-state index in [-0.39, 0.29) is 23.9 Å². The van der Waals surface area contributed by atoms with Gasteiger partial charge in [0.2, 0.25) is 5.91 Å². The molecule has 0 aromatic carbocycles. The maximum atomic E-state index is 12.6. The van der Waals surface area contributed by atoms with Gasteiger partial charge in [0, 0.05) is 13.1 Å². The minimum absolute atomic E-state index is 0.124. The topological polar surface area (TPSA) is 92.7 Å². The average molecular weight is 428 g/mol. The third-order valence-electron chi connectivity index (χ3n) is 3.67. The highest BCUT2D eigenvalue weighted by Crippen LogP contribution is 2.34. The maximum absolute atomic E-state index is 12.6. The molecule has 0 aliphatic rings. The highest BCUT2D eigenvalue weighted by molar-refractivity contribution is 7.18. The zero-order valence-electron chi connectivity index (χ0n) is 16.1. The second-order valence-electron chi connectivity index (χ2n) is 5.90. The van der Waals surface area contributed by atoms with Crippen molar-refractivity contribution in [3.63, 3.8) is 0 Å². The smallest absolute Gasteiger partial charge is 0.417 e. The zero-order chi connectivity index (χ0) is 21.8. The van der Waals surface area contributed by atoms with E-state index in [0.29, 0.717) is 27.4 Å². The minimum atomic E-state index is -4.47. The number of nitrogens with zero attached hydrogens (tertiary/aromatic N) is 2. The molecule has 0 bridgehead atoms. The van der Waals surface area contributed by atoms with Gasteiger partial charge in [0.15, 0.2) is 0 Å². The number of esters is 1. The lowest BCUT2D eigenvalue weighted by molar-refractivity contribution is -0.137. The molecule has 2 heterocycles. The summed E-state index contributed by atoms with van der Waals surface area (Å²) in [6.45, 7) is 6.52. The van der Waals surface area contributed by atoms with Gasteiger partial charge in [-0.3, -0.25) is 10.2 Å². The molecule has 11 heteroatoms. The fourth-order valence-corrected chi connectivity index (χ4v) is 3.56. The van der Waals surface area contributed by atoms with Crippen molar-refractivity contribution in [2.24, 2.45) is 5.10 Å². The molecule has 156 valence electrons. The number of pyridine rings is 1. The molecule has 0 radical (unpaired) electrons. The van der Waals surface area contributed by atoms with Crippen molar-refractivity contribution >= 4 is 39.7 Å². The van der Waals surface area contributed by atoms with Crippen LogP contribution in [0.5, 0.6) is 0 Å². The van der Waals surface area contributed by atoms with E-state index in [1.54, 1.807) is 20.8 Å². The first-order chi connectivity index (χ1) is 13.5. The molecular formula is C18H19F3N4O3S. The molecule has 7 nitrogen and oxygen atoms in total. The second kappa shape index (κ2) is 9.03. The SMILES string of the molecule is CCOC(=O)c1c(NC(C)=O)sc(C(C)=NNc2ccc(C(F)(F)F)cn2)c1C. The molecule has 2 aromatic rings. The van der Waals surface area contributed by atoms with Gasteiger partial charge in [-0.25, -0.2) is 9.78 Å². The molecule has 0 spiro atoms. The number of hydrogen-bond donors (Lipinski definition) is 2. The fourth-order valence-electron chi connectivity index (χ4n) is 2.38. The van der Waals surface area contributed by atoms with Gasteiger partial charge in [-0.15, -0.1) is 11.3 Å². The number of halogens is 3.